The molecule has 3 aromatic heterocycles. The van der Waals surface area contributed by atoms with E-state index in [0.717, 1.165) is 65.1 Å². The molecular formula is C26H27N5O3. The van der Waals surface area contributed by atoms with Crippen LogP contribution in [0.5, 0.6) is 6.01 Å². The van der Waals surface area contributed by atoms with Gasteiger partial charge in [-0.3, -0.25) is 9.78 Å². The number of esters is 1. The van der Waals surface area contributed by atoms with Gasteiger partial charge < -0.3 is 14.5 Å². The molecule has 34 heavy (non-hydrogen) atoms. The average Bonchev–Trinajstić information content (AvgIpc) is 3.29. The van der Waals surface area contributed by atoms with E-state index in [0.29, 0.717) is 18.3 Å². The number of para-hydroxylation sites is 2. The quantitative estimate of drug-likeness (QED) is 0.411. The first-order valence-electron chi connectivity index (χ1n) is 11.6. The highest BCUT2D eigenvalue weighted by molar-refractivity contribution is 5.80. The molecule has 5 rings (SSSR count). The van der Waals surface area contributed by atoms with E-state index < -0.39 is 0 Å². The van der Waals surface area contributed by atoms with Gasteiger partial charge in [-0.25, -0.2) is 15.0 Å². The van der Waals surface area contributed by atoms with E-state index >= 15 is 0 Å². The SMILES string of the molecule is COC(=O)C[C@H]1CC[C@H](Oc2ncc(-c3ccc(-c4nc5ccccc5[nH]4)c(C)n3)cn2)CC1. The number of nitrogens with one attached hydrogen (secondary N) is 1. The Balaban J connectivity index is 1.23. The van der Waals surface area contributed by atoms with E-state index in [2.05, 4.69) is 19.9 Å². The molecule has 1 saturated carbocycles. The summed E-state index contributed by atoms with van der Waals surface area (Å²) in [6.07, 6.45) is 7.70. The average molecular weight is 458 g/mol. The van der Waals surface area contributed by atoms with Crippen molar-refractivity contribution in [2.45, 2.75) is 45.1 Å². The van der Waals surface area contributed by atoms with Crippen molar-refractivity contribution < 1.29 is 14.3 Å². The lowest BCUT2D eigenvalue weighted by atomic mass is 9.85. The number of ether oxygens (including phenoxy) is 2. The van der Waals surface area contributed by atoms with Crippen LogP contribution in [0.1, 0.15) is 37.8 Å². The minimum absolute atomic E-state index is 0.0724. The zero-order valence-electron chi connectivity index (χ0n) is 19.3. The van der Waals surface area contributed by atoms with Crippen molar-refractivity contribution >= 4 is 17.0 Å². The van der Waals surface area contributed by atoms with Gasteiger partial charge in [0.25, 0.3) is 0 Å². The summed E-state index contributed by atoms with van der Waals surface area (Å²) >= 11 is 0. The second kappa shape index (κ2) is 9.59. The monoisotopic (exact) mass is 457 g/mol. The van der Waals surface area contributed by atoms with Crippen molar-refractivity contribution in [3.63, 3.8) is 0 Å². The zero-order valence-corrected chi connectivity index (χ0v) is 19.3. The van der Waals surface area contributed by atoms with Gasteiger partial charge in [0, 0.05) is 35.6 Å². The van der Waals surface area contributed by atoms with Crippen molar-refractivity contribution in [2.75, 3.05) is 7.11 Å². The lowest BCUT2D eigenvalue weighted by molar-refractivity contribution is -0.142. The van der Waals surface area contributed by atoms with Gasteiger partial charge in [-0.15, -0.1) is 0 Å². The van der Waals surface area contributed by atoms with Crippen LogP contribution < -0.4 is 4.74 Å². The van der Waals surface area contributed by atoms with Crippen LogP contribution in [0.2, 0.25) is 0 Å². The Bertz CT molecular complexity index is 1260. The minimum Gasteiger partial charge on any atom is -0.469 e. The van der Waals surface area contributed by atoms with Crippen molar-refractivity contribution in [2.24, 2.45) is 5.92 Å². The molecule has 0 unspecified atom stereocenters. The summed E-state index contributed by atoms with van der Waals surface area (Å²) in [6, 6.07) is 12.3. The molecule has 8 nitrogen and oxygen atoms in total. The lowest BCUT2D eigenvalue weighted by Gasteiger charge is -2.27. The highest BCUT2D eigenvalue weighted by atomic mass is 16.5. The molecule has 1 N–H and O–H groups in total. The summed E-state index contributed by atoms with van der Waals surface area (Å²) < 4.78 is 10.8. The van der Waals surface area contributed by atoms with Gasteiger partial charge in [0.05, 0.1) is 23.8 Å². The number of aromatic nitrogens is 5. The number of benzene rings is 1. The minimum atomic E-state index is -0.141. The van der Waals surface area contributed by atoms with E-state index in [1.54, 1.807) is 12.4 Å². The molecule has 3 heterocycles. The number of pyridine rings is 1. The first-order valence-corrected chi connectivity index (χ1v) is 11.6. The van der Waals surface area contributed by atoms with Gasteiger partial charge in [-0.05, 0) is 62.8 Å². The van der Waals surface area contributed by atoms with Gasteiger partial charge in [-0.1, -0.05) is 12.1 Å². The Morgan fingerprint density at radius 2 is 1.79 bits per heavy atom. The molecule has 1 aliphatic rings. The largest absolute Gasteiger partial charge is 0.469 e. The Morgan fingerprint density at radius 3 is 2.50 bits per heavy atom. The van der Waals surface area contributed by atoms with Crippen molar-refractivity contribution in [1.29, 1.82) is 0 Å². The Morgan fingerprint density at radius 1 is 1.03 bits per heavy atom. The van der Waals surface area contributed by atoms with Crippen LogP contribution in [0.15, 0.2) is 48.8 Å². The molecule has 0 bridgehead atoms. The third-order valence-electron chi connectivity index (χ3n) is 6.40. The maximum atomic E-state index is 11.5. The van der Waals surface area contributed by atoms with E-state index in [1.165, 1.54) is 7.11 Å². The summed E-state index contributed by atoms with van der Waals surface area (Å²) in [7, 11) is 1.43. The highest BCUT2D eigenvalue weighted by Crippen LogP contribution is 2.30. The predicted octanol–water partition coefficient (Wildman–Crippen LogP) is 4.89. The van der Waals surface area contributed by atoms with Gasteiger partial charge in [0.2, 0.25) is 0 Å². The van der Waals surface area contributed by atoms with Gasteiger partial charge in [0.1, 0.15) is 11.9 Å². The molecule has 8 heteroatoms. The van der Waals surface area contributed by atoms with E-state index in [4.69, 9.17) is 14.5 Å². The molecule has 1 aliphatic carbocycles. The second-order valence-electron chi connectivity index (χ2n) is 8.73. The van der Waals surface area contributed by atoms with Crippen LogP contribution in [-0.2, 0) is 9.53 Å². The van der Waals surface area contributed by atoms with Crippen LogP contribution in [0.25, 0.3) is 33.7 Å². The molecule has 4 aromatic rings. The summed E-state index contributed by atoms with van der Waals surface area (Å²) in [5, 5.41) is 0. The fraction of sp³-hybridized carbons (Fsp3) is 0.346. The lowest BCUT2D eigenvalue weighted by Crippen LogP contribution is -2.26. The van der Waals surface area contributed by atoms with E-state index in [-0.39, 0.29) is 12.1 Å². The fourth-order valence-electron chi connectivity index (χ4n) is 4.48. The number of hydrogen-bond acceptors (Lipinski definition) is 7. The number of hydrogen-bond donors (Lipinski definition) is 1. The first kappa shape index (κ1) is 22.0. The highest BCUT2D eigenvalue weighted by Gasteiger charge is 2.25. The number of methoxy groups -OCH3 is 1. The van der Waals surface area contributed by atoms with Crippen LogP contribution in [-0.4, -0.2) is 44.1 Å². The number of rotatable bonds is 6. The number of nitrogens with zero attached hydrogens (tertiary/aromatic N) is 4. The molecule has 1 aromatic carbocycles. The fourth-order valence-corrected chi connectivity index (χ4v) is 4.48. The molecule has 0 radical (unpaired) electrons. The van der Waals surface area contributed by atoms with E-state index in [9.17, 15) is 4.79 Å². The summed E-state index contributed by atoms with van der Waals surface area (Å²) in [5.41, 5.74) is 5.40. The number of carbonyl (C=O) groups is 1. The molecule has 0 aliphatic heterocycles. The van der Waals surface area contributed by atoms with E-state index in [1.807, 2.05) is 43.3 Å². The van der Waals surface area contributed by atoms with Gasteiger partial charge in [0.15, 0.2) is 0 Å². The smallest absolute Gasteiger partial charge is 0.316 e. The molecule has 174 valence electrons. The van der Waals surface area contributed by atoms with Crippen LogP contribution in [0.3, 0.4) is 0 Å². The second-order valence-corrected chi connectivity index (χ2v) is 8.73. The number of carbonyl (C=O) groups excluding carboxylic acids is 1. The van der Waals surface area contributed by atoms with Crippen LogP contribution in [0.4, 0.5) is 0 Å². The number of fused-ring (bicyclic) bond motifs is 1. The Hall–Kier alpha value is -3.81. The maximum absolute atomic E-state index is 11.5. The number of aromatic amines is 1. The predicted molar refractivity (Wildman–Crippen MR) is 128 cm³/mol. The summed E-state index contributed by atoms with van der Waals surface area (Å²) in [6.45, 7) is 1.97. The molecule has 0 atom stereocenters. The van der Waals surface area contributed by atoms with Gasteiger partial charge >= 0.3 is 12.0 Å². The van der Waals surface area contributed by atoms with Crippen molar-refractivity contribution in [3.05, 3.63) is 54.5 Å². The topological polar surface area (TPSA) is 103 Å². The Kier molecular flexibility index (Phi) is 6.20. The number of aryl methyl sites for hydroxylation is 1. The molecule has 0 saturated heterocycles. The van der Waals surface area contributed by atoms with Gasteiger partial charge in [-0.2, -0.15) is 0 Å². The summed E-state index contributed by atoms with van der Waals surface area (Å²) in [5.74, 6) is 1.03. The summed E-state index contributed by atoms with van der Waals surface area (Å²) in [4.78, 5) is 33.1. The van der Waals surface area contributed by atoms with Crippen molar-refractivity contribution in [3.8, 4) is 28.7 Å². The normalized spacial score (nSPS) is 18.1. The number of imidazole rings is 1. The first-order chi connectivity index (χ1) is 16.6. The number of H-pyrrole nitrogens is 1. The molecule has 1 fully saturated rings. The molecular weight excluding hydrogens is 430 g/mol. The third-order valence-corrected chi connectivity index (χ3v) is 6.40. The standard InChI is InChI=1S/C26H27N5O3/c1-16-20(25-30-22-5-3-4-6-23(22)31-25)11-12-21(29-16)18-14-27-26(28-15-18)34-19-9-7-17(8-10-19)13-24(32)33-2/h3-6,11-12,14-15,17,19H,7-10,13H2,1-2H3,(H,30,31)/t17-,19-. The Labute approximate surface area is 197 Å². The zero-order chi connectivity index (χ0) is 23.5. The third kappa shape index (κ3) is 4.76. The van der Waals surface area contributed by atoms with Crippen LogP contribution in [0, 0.1) is 12.8 Å². The molecule has 0 spiro atoms. The maximum Gasteiger partial charge on any atom is 0.316 e. The molecule has 0 amide bonds. The van der Waals surface area contributed by atoms with Crippen molar-refractivity contribution in [1.82, 2.24) is 24.9 Å². The van der Waals surface area contributed by atoms with Crippen LogP contribution >= 0.6 is 0 Å².